The zero-order valence-electron chi connectivity index (χ0n) is 10.9. The lowest BCUT2D eigenvalue weighted by atomic mass is 10.2. The minimum Gasteiger partial charge on any atom is -0.465 e. The number of rotatable bonds is 6. The summed E-state index contributed by atoms with van der Waals surface area (Å²) < 4.78 is 31.1. The molecule has 0 radical (unpaired) electrons. The Labute approximate surface area is 113 Å². The Morgan fingerprint density at radius 3 is 2.42 bits per heavy atom. The van der Waals surface area contributed by atoms with E-state index in [2.05, 4.69) is 4.72 Å². The van der Waals surface area contributed by atoms with E-state index in [1.54, 1.807) is 19.1 Å². The van der Waals surface area contributed by atoms with Crippen molar-refractivity contribution >= 4 is 16.0 Å². The molecule has 0 heterocycles. The molecule has 1 aromatic carbocycles. The summed E-state index contributed by atoms with van der Waals surface area (Å²) in [7, 11) is -3.78. The number of esters is 1. The summed E-state index contributed by atoms with van der Waals surface area (Å²) in [6.07, 6.45) is 0. The molecule has 1 atom stereocenters. The van der Waals surface area contributed by atoms with E-state index in [1.165, 1.54) is 12.1 Å². The number of ether oxygens (including phenoxy) is 1. The highest BCUT2D eigenvalue weighted by atomic mass is 32.2. The van der Waals surface area contributed by atoms with Crippen LogP contribution in [0.4, 0.5) is 0 Å². The molecule has 3 N–H and O–H groups in total. The molecule has 0 aliphatic carbocycles. The number of carbonyl (C=O) groups excluding carboxylic acids is 1. The standard InChI is InChI=1S/C12H18N2O4S/c1-3-18-12(15)11(8-13)14-19(16,17)10-6-4-9(2)5-7-10/h4-7,11,14H,3,8,13H2,1-2H3. The van der Waals surface area contributed by atoms with Gasteiger partial charge in [-0.25, -0.2) is 8.42 Å². The Hall–Kier alpha value is -1.44. The van der Waals surface area contributed by atoms with Gasteiger partial charge in [0, 0.05) is 6.54 Å². The zero-order chi connectivity index (χ0) is 14.5. The average molecular weight is 286 g/mol. The molecule has 0 bridgehead atoms. The fourth-order valence-electron chi connectivity index (χ4n) is 1.41. The van der Waals surface area contributed by atoms with Gasteiger partial charge in [0.25, 0.3) is 0 Å². The molecule has 1 unspecified atom stereocenters. The molecule has 0 saturated heterocycles. The van der Waals surface area contributed by atoms with Gasteiger partial charge >= 0.3 is 5.97 Å². The molecule has 1 rings (SSSR count). The second-order valence-corrected chi connectivity index (χ2v) is 5.69. The van der Waals surface area contributed by atoms with Crippen molar-refractivity contribution < 1.29 is 17.9 Å². The van der Waals surface area contributed by atoms with Gasteiger partial charge in [0.15, 0.2) is 0 Å². The molecule has 0 saturated carbocycles. The first-order valence-corrected chi connectivity index (χ1v) is 7.34. The molecule has 1 aromatic rings. The molecule has 6 nitrogen and oxygen atoms in total. The number of benzene rings is 1. The van der Waals surface area contributed by atoms with Crippen molar-refractivity contribution in [1.29, 1.82) is 0 Å². The average Bonchev–Trinajstić information content (AvgIpc) is 2.36. The topological polar surface area (TPSA) is 98.5 Å². The van der Waals surface area contributed by atoms with Gasteiger partial charge in [0.2, 0.25) is 10.0 Å². The van der Waals surface area contributed by atoms with Crippen LogP contribution in [0.3, 0.4) is 0 Å². The molecule has 7 heteroatoms. The van der Waals surface area contributed by atoms with Gasteiger partial charge in [0.05, 0.1) is 11.5 Å². The molecule has 0 spiro atoms. The van der Waals surface area contributed by atoms with Gasteiger partial charge < -0.3 is 10.5 Å². The maximum Gasteiger partial charge on any atom is 0.325 e. The van der Waals surface area contributed by atoms with Gasteiger partial charge in [-0.05, 0) is 26.0 Å². The second kappa shape index (κ2) is 6.65. The molecule has 0 aliphatic heterocycles. The predicted octanol–water partition coefficient (Wildman–Crippen LogP) is 0.164. The summed E-state index contributed by atoms with van der Waals surface area (Å²) >= 11 is 0. The third kappa shape index (κ3) is 4.30. The quantitative estimate of drug-likeness (QED) is 0.726. The van der Waals surface area contributed by atoms with Crippen LogP contribution in [-0.2, 0) is 19.6 Å². The van der Waals surface area contributed by atoms with Gasteiger partial charge in [0.1, 0.15) is 6.04 Å². The summed E-state index contributed by atoms with van der Waals surface area (Å²) in [4.78, 5) is 11.6. The molecular weight excluding hydrogens is 268 g/mol. The van der Waals surface area contributed by atoms with Gasteiger partial charge in [-0.2, -0.15) is 4.72 Å². The van der Waals surface area contributed by atoms with Gasteiger partial charge in [-0.15, -0.1) is 0 Å². The highest BCUT2D eigenvalue weighted by Gasteiger charge is 2.25. The molecular formula is C12H18N2O4S. The molecule has 106 valence electrons. The smallest absolute Gasteiger partial charge is 0.325 e. The Morgan fingerprint density at radius 1 is 1.37 bits per heavy atom. The monoisotopic (exact) mass is 286 g/mol. The maximum absolute atomic E-state index is 12.0. The van der Waals surface area contributed by atoms with Crippen molar-refractivity contribution in [2.75, 3.05) is 13.2 Å². The van der Waals surface area contributed by atoms with E-state index in [-0.39, 0.29) is 18.0 Å². The van der Waals surface area contributed by atoms with Crippen molar-refractivity contribution in [3.05, 3.63) is 29.8 Å². The van der Waals surface area contributed by atoms with Crippen LogP contribution < -0.4 is 10.5 Å². The van der Waals surface area contributed by atoms with E-state index >= 15 is 0 Å². The van der Waals surface area contributed by atoms with E-state index in [4.69, 9.17) is 10.5 Å². The van der Waals surface area contributed by atoms with Crippen LogP contribution in [-0.4, -0.2) is 33.6 Å². The SMILES string of the molecule is CCOC(=O)C(CN)NS(=O)(=O)c1ccc(C)cc1. The lowest BCUT2D eigenvalue weighted by Crippen LogP contribution is -2.46. The Balaban J connectivity index is 2.89. The highest BCUT2D eigenvalue weighted by molar-refractivity contribution is 7.89. The van der Waals surface area contributed by atoms with Crippen molar-refractivity contribution in [3.63, 3.8) is 0 Å². The minimum absolute atomic E-state index is 0.0841. The Morgan fingerprint density at radius 2 is 1.95 bits per heavy atom. The number of aryl methyl sites for hydroxylation is 1. The summed E-state index contributed by atoms with van der Waals surface area (Å²) in [5.41, 5.74) is 6.33. The Kier molecular flexibility index (Phi) is 5.46. The molecule has 0 aliphatic rings. The van der Waals surface area contributed by atoms with Crippen LogP contribution in [0.15, 0.2) is 29.2 Å². The fourth-order valence-corrected chi connectivity index (χ4v) is 2.61. The van der Waals surface area contributed by atoms with Crippen LogP contribution >= 0.6 is 0 Å². The first kappa shape index (κ1) is 15.6. The largest absolute Gasteiger partial charge is 0.465 e. The van der Waals surface area contributed by atoms with Gasteiger partial charge in [-0.1, -0.05) is 17.7 Å². The van der Waals surface area contributed by atoms with Gasteiger partial charge in [-0.3, -0.25) is 4.79 Å². The summed E-state index contributed by atoms with van der Waals surface area (Å²) in [5, 5.41) is 0. The number of carbonyl (C=O) groups is 1. The first-order chi connectivity index (χ1) is 8.90. The maximum atomic E-state index is 12.0. The van der Waals surface area contributed by atoms with Crippen molar-refractivity contribution in [2.45, 2.75) is 24.8 Å². The number of sulfonamides is 1. The second-order valence-electron chi connectivity index (χ2n) is 3.97. The van der Waals surface area contributed by atoms with E-state index in [1.807, 2.05) is 6.92 Å². The lowest BCUT2D eigenvalue weighted by molar-refractivity contribution is -0.144. The van der Waals surface area contributed by atoms with Crippen LogP contribution in [0, 0.1) is 6.92 Å². The third-order valence-electron chi connectivity index (χ3n) is 2.44. The molecule has 0 aromatic heterocycles. The first-order valence-electron chi connectivity index (χ1n) is 5.86. The third-order valence-corrected chi connectivity index (χ3v) is 3.92. The number of nitrogens with two attached hydrogens (primary N) is 1. The van der Waals surface area contributed by atoms with E-state index < -0.39 is 22.0 Å². The summed E-state index contributed by atoms with van der Waals surface area (Å²) in [6.45, 7) is 3.50. The number of hydrogen-bond donors (Lipinski definition) is 2. The van der Waals surface area contributed by atoms with Crippen molar-refractivity contribution in [2.24, 2.45) is 5.73 Å². The van der Waals surface area contributed by atoms with E-state index in [0.717, 1.165) is 5.56 Å². The normalized spacial score (nSPS) is 13.0. The number of hydrogen-bond acceptors (Lipinski definition) is 5. The molecule has 0 amide bonds. The zero-order valence-corrected chi connectivity index (χ0v) is 11.7. The molecule has 0 fully saturated rings. The highest BCUT2D eigenvalue weighted by Crippen LogP contribution is 2.10. The van der Waals surface area contributed by atoms with Crippen LogP contribution in [0.1, 0.15) is 12.5 Å². The van der Waals surface area contributed by atoms with Crippen LogP contribution in [0.2, 0.25) is 0 Å². The van der Waals surface area contributed by atoms with Crippen molar-refractivity contribution in [1.82, 2.24) is 4.72 Å². The molecule has 19 heavy (non-hydrogen) atoms. The summed E-state index contributed by atoms with van der Waals surface area (Å²) in [5.74, 6) is -0.680. The minimum atomic E-state index is -3.78. The Bertz CT molecular complexity index is 525. The fraction of sp³-hybridized carbons (Fsp3) is 0.417. The van der Waals surface area contributed by atoms with Crippen LogP contribution in [0.5, 0.6) is 0 Å². The van der Waals surface area contributed by atoms with Crippen LogP contribution in [0.25, 0.3) is 0 Å². The van der Waals surface area contributed by atoms with Crippen molar-refractivity contribution in [3.8, 4) is 0 Å². The predicted molar refractivity (Wildman–Crippen MR) is 71.0 cm³/mol. The van der Waals surface area contributed by atoms with E-state index in [9.17, 15) is 13.2 Å². The number of nitrogens with one attached hydrogen (secondary N) is 1. The summed E-state index contributed by atoms with van der Waals surface area (Å²) in [6, 6.07) is 5.21. The lowest BCUT2D eigenvalue weighted by Gasteiger charge is -2.15. The van der Waals surface area contributed by atoms with E-state index in [0.29, 0.717) is 0 Å².